The maximum atomic E-state index is 11.1. The molecule has 5 aliphatic rings. The van der Waals surface area contributed by atoms with Crippen LogP contribution in [-0.2, 0) is 19.2 Å². The van der Waals surface area contributed by atoms with Crippen LogP contribution in [0.4, 0.5) is 9.59 Å². The van der Waals surface area contributed by atoms with Gasteiger partial charge in [-0.2, -0.15) is 23.5 Å². The first kappa shape index (κ1) is 30.6. The van der Waals surface area contributed by atoms with Crippen molar-refractivity contribution < 1.29 is 39.0 Å². The number of unbranched alkanes of at least 4 members (excludes halogenated alkanes) is 2. The molecule has 4 fully saturated rings. The van der Waals surface area contributed by atoms with Crippen molar-refractivity contribution in [3.63, 3.8) is 0 Å². The summed E-state index contributed by atoms with van der Waals surface area (Å²) in [5.74, 6) is -0.185. The average Bonchev–Trinajstić information content (AvgIpc) is 3.66. The summed E-state index contributed by atoms with van der Waals surface area (Å²) in [5, 5.41) is 31.6. The van der Waals surface area contributed by atoms with Gasteiger partial charge in [-0.3, -0.25) is 24.5 Å². The highest BCUT2D eigenvalue weighted by molar-refractivity contribution is 8.00. The van der Waals surface area contributed by atoms with Crippen LogP contribution in [-0.4, -0.2) is 92.2 Å². The second-order valence-electron chi connectivity index (χ2n) is 9.71. The number of imide groups is 1. The van der Waals surface area contributed by atoms with E-state index in [9.17, 15) is 28.8 Å². The molecule has 6 atom stereocenters. The highest BCUT2D eigenvalue weighted by Gasteiger charge is 2.43. The molecule has 0 radical (unpaired) electrons. The molecular weight excluding hydrogens is 550 g/mol. The van der Waals surface area contributed by atoms with Crippen molar-refractivity contribution in [3.8, 4) is 0 Å². The first-order valence-corrected chi connectivity index (χ1v) is 15.1. The smallest absolute Gasteiger partial charge is 0.315 e. The van der Waals surface area contributed by atoms with Gasteiger partial charge in [-0.25, -0.2) is 9.59 Å². The van der Waals surface area contributed by atoms with E-state index in [1.54, 1.807) is 0 Å². The third-order valence-corrected chi connectivity index (χ3v) is 9.78. The Kier molecular flexibility index (Phi) is 11.8. The van der Waals surface area contributed by atoms with E-state index in [-0.39, 0.29) is 60.9 Å². The number of aliphatic carboxylic acids is 2. The van der Waals surface area contributed by atoms with Gasteiger partial charge < -0.3 is 31.5 Å². The predicted molar refractivity (Wildman–Crippen MR) is 145 cm³/mol. The van der Waals surface area contributed by atoms with Gasteiger partial charge in [0.1, 0.15) is 0 Å². The highest BCUT2D eigenvalue weighted by Crippen LogP contribution is 2.34. The molecule has 13 nitrogen and oxygen atoms in total. The number of nitrogens with one attached hydrogen (secondary N) is 5. The van der Waals surface area contributed by atoms with Crippen LogP contribution < -0.4 is 26.6 Å². The summed E-state index contributed by atoms with van der Waals surface area (Å²) < 4.78 is 0. The van der Waals surface area contributed by atoms with Crippen LogP contribution in [0.3, 0.4) is 0 Å². The summed E-state index contributed by atoms with van der Waals surface area (Å²) in [6, 6.07) is 0.880. The lowest BCUT2D eigenvalue weighted by Gasteiger charge is -2.16. The van der Waals surface area contributed by atoms with E-state index < -0.39 is 11.9 Å². The minimum absolute atomic E-state index is 0.0640. The van der Waals surface area contributed by atoms with Crippen LogP contribution in [0.1, 0.15) is 51.4 Å². The van der Waals surface area contributed by atoms with Crippen LogP contribution in [0.25, 0.3) is 0 Å². The second kappa shape index (κ2) is 15.0. The number of carboxylic acids is 2. The van der Waals surface area contributed by atoms with E-state index in [0.717, 1.165) is 50.0 Å². The zero-order valence-electron chi connectivity index (χ0n) is 21.4. The Morgan fingerprint density at radius 2 is 1.10 bits per heavy atom. The molecule has 7 N–H and O–H groups in total. The lowest BCUT2D eigenvalue weighted by atomic mass is 10.0. The van der Waals surface area contributed by atoms with Gasteiger partial charge >= 0.3 is 24.0 Å². The number of carbonyl (C=O) groups excluding carboxylic acids is 4. The number of hydrogen-bond donors (Lipinski definition) is 7. The van der Waals surface area contributed by atoms with E-state index in [0.29, 0.717) is 10.5 Å². The molecule has 0 aromatic rings. The maximum absolute atomic E-state index is 11.1. The van der Waals surface area contributed by atoms with Gasteiger partial charge in [0.15, 0.2) is 0 Å². The molecule has 5 aliphatic heterocycles. The Balaban J connectivity index is 0.000000174. The summed E-state index contributed by atoms with van der Waals surface area (Å²) in [6.45, 7) is 0. The molecule has 216 valence electrons. The molecule has 39 heavy (non-hydrogen) atoms. The Bertz CT molecular complexity index is 906. The molecule has 15 heteroatoms. The molecule has 0 aromatic carbocycles. The summed E-state index contributed by atoms with van der Waals surface area (Å²) in [4.78, 5) is 63.0. The fraction of sp³-hybridized carbons (Fsp3) is 0.667. The zero-order valence-corrected chi connectivity index (χ0v) is 23.0. The van der Waals surface area contributed by atoms with Gasteiger partial charge in [0.2, 0.25) is 0 Å². The predicted octanol–water partition coefficient (Wildman–Crippen LogP) is 0.793. The molecule has 0 bridgehead atoms. The van der Waals surface area contributed by atoms with Gasteiger partial charge in [-0.15, -0.1) is 0 Å². The van der Waals surface area contributed by atoms with Crippen LogP contribution in [0.2, 0.25) is 0 Å². The number of fused-ring (bicyclic) bond motifs is 2. The summed E-state index contributed by atoms with van der Waals surface area (Å²) in [5.41, 5.74) is 0. The third kappa shape index (κ3) is 9.95. The number of amides is 6. The van der Waals surface area contributed by atoms with E-state index in [4.69, 9.17) is 10.2 Å². The molecular formula is C24H35N5O8S2. The maximum Gasteiger partial charge on any atom is 0.315 e. The lowest BCUT2D eigenvalue weighted by molar-refractivity contribution is -0.138. The number of urea groups is 2. The minimum Gasteiger partial charge on any atom is -0.481 e. The summed E-state index contributed by atoms with van der Waals surface area (Å²) in [6.07, 6.45) is 8.15. The quantitative estimate of drug-likeness (QED) is 0.109. The van der Waals surface area contributed by atoms with Crippen LogP contribution >= 0.6 is 23.5 Å². The fourth-order valence-corrected chi connectivity index (χ4v) is 7.97. The molecule has 4 saturated heterocycles. The second-order valence-corrected chi connectivity index (χ2v) is 12.3. The largest absolute Gasteiger partial charge is 0.481 e. The Hall–Kier alpha value is -2.94. The Morgan fingerprint density at radius 1 is 0.692 bits per heavy atom. The lowest BCUT2D eigenvalue weighted by Crippen LogP contribution is -2.36. The standard InChI is InChI=1S/2C10H16N2O3S.C4H3NO2/c2*13-8(14)4-2-1-3-7-9-6(5-16-7)11-10(15)12-9;6-3-1-2-4(7)5-3/h2*6-7,9H,1-5H2,(H,13,14)(H2,11,12,15);1-2H,(H,5,6,7)/t2*6-,7-,9-;/m00./s1. The van der Waals surface area contributed by atoms with E-state index in [2.05, 4.69) is 21.3 Å². The molecule has 5 rings (SSSR count). The Labute approximate surface area is 234 Å². The van der Waals surface area contributed by atoms with Crippen molar-refractivity contribution in [2.75, 3.05) is 11.5 Å². The third-order valence-electron chi connectivity index (χ3n) is 6.77. The van der Waals surface area contributed by atoms with Crippen molar-refractivity contribution in [1.82, 2.24) is 26.6 Å². The molecule has 6 amide bonds. The molecule has 0 unspecified atom stereocenters. The SMILES string of the molecule is O=C(O)CCCC[C@@H]1SC[C@@H]2NC(=O)N[C@@H]21.O=C(O)CCCC[C@@H]1SC[C@@H]2NC(=O)N[C@@H]21.O=C1C=CC(=O)N1. The van der Waals surface area contributed by atoms with E-state index in [1.165, 1.54) is 12.2 Å². The van der Waals surface area contributed by atoms with Crippen molar-refractivity contribution >= 4 is 59.3 Å². The van der Waals surface area contributed by atoms with E-state index >= 15 is 0 Å². The molecule has 5 heterocycles. The minimum atomic E-state index is -0.729. The van der Waals surface area contributed by atoms with Crippen molar-refractivity contribution in [2.24, 2.45) is 0 Å². The number of thioether (sulfide) groups is 2. The van der Waals surface area contributed by atoms with Crippen molar-refractivity contribution in [3.05, 3.63) is 12.2 Å². The zero-order chi connectivity index (χ0) is 28.4. The molecule has 0 aliphatic carbocycles. The summed E-state index contributed by atoms with van der Waals surface area (Å²) in [7, 11) is 0. The fourth-order valence-electron chi connectivity index (χ4n) is 4.89. The number of carboxylic acid groups (broad SMARTS) is 2. The van der Waals surface area contributed by atoms with Gasteiger partial charge in [0.25, 0.3) is 11.8 Å². The van der Waals surface area contributed by atoms with Crippen LogP contribution in [0, 0.1) is 0 Å². The Morgan fingerprint density at radius 3 is 1.44 bits per heavy atom. The number of hydrogen-bond acceptors (Lipinski definition) is 8. The molecule has 0 saturated carbocycles. The van der Waals surface area contributed by atoms with E-state index in [1.807, 2.05) is 28.8 Å². The van der Waals surface area contributed by atoms with Crippen molar-refractivity contribution in [1.29, 1.82) is 0 Å². The topological polar surface area (TPSA) is 203 Å². The average molecular weight is 586 g/mol. The van der Waals surface area contributed by atoms with Gasteiger partial charge in [-0.05, 0) is 25.7 Å². The highest BCUT2D eigenvalue weighted by atomic mass is 32.2. The summed E-state index contributed by atoms with van der Waals surface area (Å²) >= 11 is 3.74. The van der Waals surface area contributed by atoms with Gasteiger partial charge in [-0.1, -0.05) is 12.8 Å². The number of carbonyl (C=O) groups is 6. The van der Waals surface area contributed by atoms with Gasteiger partial charge in [0.05, 0.1) is 24.2 Å². The molecule has 0 aromatic heterocycles. The van der Waals surface area contributed by atoms with Crippen molar-refractivity contribution in [2.45, 2.75) is 86.0 Å². The number of rotatable bonds is 10. The van der Waals surface area contributed by atoms with Gasteiger partial charge in [0, 0.05) is 47.0 Å². The molecule has 0 spiro atoms. The van der Waals surface area contributed by atoms with Crippen LogP contribution in [0.15, 0.2) is 12.2 Å². The van der Waals surface area contributed by atoms with Crippen LogP contribution in [0.5, 0.6) is 0 Å². The monoisotopic (exact) mass is 585 g/mol. The first-order chi connectivity index (χ1) is 18.6. The normalized spacial score (nSPS) is 29.4. The first-order valence-electron chi connectivity index (χ1n) is 13.0.